The van der Waals surface area contributed by atoms with Gasteiger partial charge in [0.15, 0.2) is 0 Å². The van der Waals surface area contributed by atoms with Gasteiger partial charge in [0.2, 0.25) is 11.9 Å². The zero-order valence-corrected chi connectivity index (χ0v) is 38.6. The topological polar surface area (TPSA) is 153 Å². The van der Waals surface area contributed by atoms with E-state index in [0.29, 0.717) is 29.9 Å². The average Bonchev–Trinajstić information content (AvgIpc) is 4.11. The highest BCUT2D eigenvalue weighted by atomic mass is 16.5. The maximum atomic E-state index is 6.31. The molecule has 10 rings (SSSR count). The number of likely N-dealkylation sites (N-methyl/N-ethyl adjacent to an activating group) is 1. The summed E-state index contributed by atoms with van der Waals surface area (Å²) in [4.78, 5) is 27.7. The molecule has 16 heteroatoms. The van der Waals surface area contributed by atoms with Crippen LogP contribution >= 0.6 is 0 Å². The normalized spacial score (nSPS) is 14.5. The van der Waals surface area contributed by atoms with E-state index in [1.807, 2.05) is 83.1 Å². The third-order valence-corrected chi connectivity index (χ3v) is 12.5. The SMILES string of the molecule is CCc1ccc(-c2n[nH]cc2-c2ccnc(N(c3ccc(N4CCN(C)CC4)cc3)N(c3ccc(OCCN4CCOCC4)cc3)c3nccc(-c4c[nH]nc4-c4ccc(OC)cc4)n3)n2)cc1. The number of aromatic nitrogens is 8. The molecule has 0 atom stereocenters. The van der Waals surface area contributed by atoms with Crippen molar-refractivity contribution < 1.29 is 14.2 Å². The van der Waals surface area contributed by atoms with Crippen LogP contribution in [0.2, 0.25) is 0 Å². The fourth-order valence-electron chi connectivity index (χ4n) is 8.57. The highest BCUT2D eigenvalue weighted by Gasteiger charge is 2.28. The fourth-order valence-corrected chi connectivity index (χ4v) is 8.57. The van der Waals surface area contributed by atoms with Crippen molar-refractivity contribution in [1.29, 1.82) is 0 Å². The lowest BCUT2D eigenvalue weighted by Gasteiger charge is -2.36. The zero-order chi connectivity index (χ0) is 46.2. The number of hydrazine groups is 1. The Labute approximate surface area is 396 Å². The van der Waals surface area contributed by atoms with Crippen molar-refractivity contribution in [2.45, 2.75) is 13.3 Å². The van der Waals surface area contributed by atoms with Crippen LogP contribution in [0.15, 0.2) is 134 Å². The van der Waals surface area contributed by atoms with E-state index >= 15 is 0 Å². The molecule has 68 heavy (non-hydrogen) atoms. The van der Waals surface area contributed by atoms with Gasteiger partial charge in [-0.2, -0.15) is 10.2 Å². The summed E-state index contributed by atoms with van der Waals surface area (Å²) >= 11 is 0. The van der Waals surface area contributed by atoms with Gasteiger partial charge in [0.1, 0.15) is 29.5 Å². The number of rotatable bonds is 16. The number of nitrogens with zero attached hydrogens (tertiary/aromatic N) is 11. The Balaban J connectivity index is 1.08. The van der Waals surface area contributed by atoms with Crippen molar-refractivity contribution >= 4 is 29.0 Å². The number of H-pyrrole nitrogens is 2. The molecule has 0 unspecified atom stereocenters. The van der Waals surface area contributed by atoms with Crippen LogP contribution in [0, 0.1) is 0 Å². The molecule has 2 aliphatic rings. The lowest BCUT2D eigenvalue weighted by atomic mass is 10.0. The molecule has 0 bridgehead atoms. The van der Waals surface area contributed by atoms with Crippen molar-refractivity contribution in [2.24, 2.45) is 0 Å². The summed E-state index contributed by atoms with van der Waals surface area (Å²) in [5.74, 6) is 2.28. The predicted molar refractivity (Wildman–Crippen MR) is 266 cm³/mol. The molecule has 8 aromatic rings. The van der Waals surface area contributed by atoms with E-state index in [4.69, 9.17) is 39.2 Å². The maximum absolute atomic E-state index is 6.31. The number of morpholine rings is 1. The summed E-state index contributed by atoms with van der Waals surface area (Å²) in [7, 11) is 3.83. The second-order valence-electron chi connectivity index (χ2n) is 16.8. The van der Waals surface area contributed by atoms with Crippen molar-refractivity contribution in [1.82, 2.24) is 50.1 Å². The summed E-state index contributed by atoms with van der Waals surface area (Å²) in [6.45, 7) is 10.7. The van der Waals surface area contributed by atoms with E-state index in [9.17, 15) is 0 Å². The lowest BCUT2D eigenvalue weighted by Crippen LogP contribution is -2.44. The zero-order valence-electron chi connectivity index (χ0n) is 38.6. The molecule has 0 aliphatic carbocycles. The second kappa shape index (κ2) is 20.5. The summed E-state index contributed by atoms with van der Waals surface area (Å²) < 4.78 is 17.3. The number of methoxy groups -OCH3 is 1. The maximum Gasteiger partial charge on any atom is 0.250 e. The summed E-state index contributed by atoms with van der Waals surface area (Å²) in [5.41, 5.74) is 10.4. The lowest BCUT2D eigenvalue weighted by molar-refractivity contribution is 0.0322. The van der Waals surface area contributed by atoms with Crippen LogP contribution in [0.25, 0.3) is 45.0 Å². The molecule has 4 aromatic carbocycles. The Morgan fingerprint density at radius 1 is 0.618 bits per heavy atom. The first kappa shape index (κ1) is 44.2. The Morgan fingerprint density at radius 3 is 1.69 bits per heavy atom. The van der Waals surface area contributed by atoms with E-state index in [1.54, 1.807) is 19.5 Å². The number of aryl methyl sites for hydroxylation is 1. The quantitative estimate of drug-likeness (QED) is 0.0894. The largest absolute Gasteiger partial charge is 0.497 e. The monoisotopic (exact) mass is 909 g/mol. The molecule has 16 nitrogen and oxygen atoms in total. The van der Waals surface area contributed by atoms with Crippen LogP contribution in [0.5, 0.6) is 11.5 Å². The molecule has 0 saturated carbocycles. The van der Waals surface area contributed by atoms with Gasteiger partial charge in [0, 0.05) is 98.5 Å². The molecule has 0 amide bonds. The summed E-state index contributed by atoms with van der Waals surface area (Å²) in [6.07, 6.45) is 8.26. The fraction of sp³-hybridized carbons (Fsp3) is 0.269. The molecule has 0 spiro atoms. The molecule has 346 valence electrons. The molecule has 2 fully saturated rings. The number of anilines is 5. The number of benzene rings is 4. The van der Waals surface area contributed by atoms with Crippen LogP contribution in [-0.2, 0) is 11.2 Å². The first-order valence-electron chi connectivity index (χ1n) is 23.2. The van der Waals surface area contributed by atoms with Crippen molar-refractivity contribution in [3.05, 3.63) is 140 Å². The molecule has 6 heterocycles. The molecular weight excluding hydrogens is 855 g/mol. The highest BCUT2D eigenvalue weighted by Crippen LogP contribution is 2.39. The van der Waals surface area contributed by atoms with Gasteiger partial charge in [-0.3, -0.25) is 15.1 Å². The van der Waals surface area contributed by atoms with E-state index in [0.717, 1.165) is 128 Å². The summed E-state index contributed by atoms with van der Waals surface area (Å²) in [5, 5.41) is 19.5. The van der Waals surface area contributed by atoms with E-state index in [-0.39, 0.29) is 0 Å². The number of nitrogens with one attached hydrogen (secondary N) is 2. The number of hydrogen-bond donors (Lipinski definition) is 2. The van der Waals surface area contributed by atoms with Gasteiger partial charge >= 0.3 is 0 Å². The van der Waals surface area contributed by atoms with Crippen LogP contribution in [0.1, 0.15) is 12.5 Å². The Kier molecular flexibility index (Phi) is 13.3. The predicted octanol–water partition coefficient (Wildman–Crippen LogP) is 8.31. The number of piperazine rings is 1. The minimum atomic E-state index is 0.377. The van der Waals surface area contributed by atoms with E-state index in [1.165, 1.54) is 5.56 Å². The molecule has 2 saturated heterocycles. The van der Waals surface area contributed by atoms with E-state index in [2.05, 4.69) is 92.5 Å². The van der Waals surface area contributed by atoms with Crippen LogP contribution < -0.4 is 24.4 Å². The second-order valence-corrected chi connectivity index (χ2v) is 16.8. The average molecular weight is 910 g/mol. The van der Waals surface area contributed by atoms with Crippen LogP contribution in [0.3, 0.4) is 0 Å². The van der Waals surface area contributed by atoms with E-state index < -0.39 is 0 Å². The third kappa shape index (κ3) is 9.74. The van der Waals surface area contributed by atoms with Gasteiger partial charge in [0.05, 0.1) is 43.1 Å². The van der Waals surface area contributed by atoms with Gasteiger partial charge in [0.25, 0.3) is 0 Å². The Hall–Kier alpha value is -7.66. The Morgan fingerprint density at radius 2 is 1.15 bits per heavy atom. The van der Waals surface area contributed by atoms with Crippen LogP contribution in [-0.4, -0.2) is 130 Å². The first-order chi connectivity index (χ1) is 33.5. The third-order valence-electron chi connectivity index (χ3n) is 12.5. The molecule has 0 radical (unpaired) electrons. The minimum Gasteiger partial charge on any atom is -0.497 e. The Bertz CT molecular complexity index is 2870. The van der Waals surface area contributed by atoms with Crippen molar-refractivity contribution in [3.63, 3.8) is 0 Å². The number of hydrogen-bond acceptors (Lipinski definition) is 14. The minimum absolute atomic E-state index is 0.377. The summed E-state index contributed by atoms with van der Waals surface area (Å²) in [6, 6.07) is 36.7. The molecular formula is C52H55N13O3. The number of aromatic amines is 2. The molecule has 2 N–H and O–H groups in total. The van der Waals surface area contributed by atoms with Gasteiger partial charge in [-0.1, -0.05) is 31.2 Å². The molecule has 2 aliphatic heterocycles. The highest BCUT2D eigenvalue weighted by molar-refractivity contribution is 5.82. The van der Waals surface area contributed by atoms with Crippen LogP contribution in [0.4, 0.5) is 29.0 Å². The first-order valence-corrected chi connectivity index (χ1v) is 23.2. The van der Waals surface area contributed by atoms with Gasteiger partial charge in [-0.25, -0.2) is 30.0 Å². The van der Waals surface area contributed by atoms with Gasteiger partial charge in [-0.05, 0) is 104 Å². The molecule has 4 aromatic heterocycles. The smallest absolute Gasteiger partial charge is 0.250 e. The standard InChI is InChI=1S/C52H55N13O3/c1-4-37-5-7-38(8-6-37)49-45(35-55-59-49)47-21-23-53-51(57-47)64(41-13-11-40(12-14-41)63-27-25-61(2)26-28-63)65(42-15-19-44(20-16-42)68-34-31-62-29-32-67-33-30-62)52-54-24-22-48(58-52)46-36-56-60-50(46)39-9-17-43(66-3)18-10-39/h5-24,35-36H,4,25-34H2,1-3H3,(H,55,59)(H,56,60). The van der Waals surface area contributed by atoms with Crippen molar-refractivity contribution in [2.75, 3.05) is 94.7 Å². The van der Waals surface area contributed by atoms with Gasteiger partial charge < -0.3 is 24.0 Å². The van der Waals surface area contributed by atoms with Gasteiger partial charge in [-0.15, -0.1) is 0 Å². The number of ether oxygens (including phenoxy) is 3. The van der Waals surface area contributed by atoms with Crippen molar-refractivity contribution in [3.8, 4) is 56.5 Å².